The van der Waals surface area contributed by atoms with Crippen molar-refractivity contribution in [1.82, 2.24) is 4.90 Å². The summed E-state index contributed by atoms with van der Waals surface area (Å²) in [5.74, 6) is 1.10. The third kappa shape index (κ3) is 4.71. The molecular weight excluding hydrogens is 314 g/mol. The van der Waals surface area contributed by atoms with Gasteiger partial charge in [0.1, 0.15) is 0 Å². The van der Waals surface area contributed by atoms with Gasteiger partial charge in [0.25, 0.3) is 0 Å². The van der Waals surface area contributed by atoms with E-state index in [9.17, 15) is 4.79 Å². The Kier molecular flexibility index (Phi) is 6.24. The van der Waals surface area contributed by atoms with Crippen LogP contribution in [0.5, 0.6) is 0 Å². The molecule has 0 amide bonds. The fourth-order valence-electron chi connectivity index (χ4n) is 3.04. The largest absolute Gasteiger partial charge is 0.296 e. The molecule has 0 aliphatic carbocycles. The molecule has 0 N–H and O–H groups in total. The van der Waals surface area contributed by atoms with Crippen LogP contribution in [0.4, 0.5) is 0 Å². The number of halogens is 1. The molecule has 1 aliphatic rings. The summed E-state index contributed by atoms with van der Waals surface area (Å²) in [6.07, 6.45) is 6.43. The number of hydrogen-bond donors (Lipinski definition) is 0. The Balaban J connectivity index is 1.88. The molecule has 1 unspecified atom stereocenters. The molecule has 1 heterocycles. The molecule has 0 spiro atoms. The van der Waals surface area contributed by atoms with Crippen molar-refractivity contribution in [3.8, 4) is 0 Å². The van der Waals surface area contributed by atoms with Crippen molar-refractivity contribution in [3.05, 3.63) is 34.3 Å². The molecule has 2 nitrogen and oxygen atoms in total. The number of hydrogen-bond acceptors (Lipinski definition) is 2. The van der Waals surface area contributed by atoms with Crippen molar-refractivity contribution >= 4 is 21.7 Å². The molecule has 1 aromatic carbocycles. The minimum atomic E-state index is 0.236. The molecule has 2 rings (SSSR count). The van der Waals surface area contributed by atoms with Gasteiger partial charge in [0.15, 0.2) is 5.78 Å². The molecule has 0 saturated carbocycles. The Morgan fingerprint density at radius 1 is 1.35 bits per heavy atom. The first-order chi connectivity index (χ1) is 9.69. The zero-order valence-corrected chi connectivity index (χ0v) is 13.9. The van der Waals surface area contributed by atoms with E-state index in [0.29, 0.717) is 6.54 Å². The summed E-state index contributed by atoms with van der Waals surface area (Å²) in [5, 5.41) is 0. The van der Waals surface area contributed by atoms with E-state index in [1.54, 1.807) is 0 Å². The van der Waals surface area contributed by atoms with E-state index in [0.717, 1.165) is 29.0 Å². The number of Topliss-reactive ketones (excluding diaryl/α,β-unsaturated/α-hetero) is 1. The van der Waals surface area contributed by atoms with Crippen LogP contribution in [0.1, 0.15) is 49.4 Å². The van der Waals surface area contributed by atoms with Crippen LogP contribution in [-0.4, -0.2) is 30.3 Å². The Bertz CT molecular complexity index is 446. The quantitative estimate of drug-likeness (QED) is 0.735. The number of nitrogens with zero attached hydrogens (tertiary/aromatic N) is 1. The van der Waals surface area contributed by atoms with Crippen LogP contribution in [0.25, 0.3) is 0 Å². The van der Waals surface area contributed by atoms with Gasteiger partial charge < -0.3 is 0 Å². The maximum atomic E-state index is 12.3. The van der Waals surface area contributed by atoms with Crippen LogP contribution in [0.15, 0.2) is 28.7 Å². The second-order valence-electron chi connectivity index (χ2n) is 5.80. The van der Waals surface area contributed by atoms with Gasteiger partial charge in [-0.15, -0.1) is 0 Å². The molecule has 0 bridgehead atoms. The second kappa shape index (κ2) is 7.94. The lowest BCUT2D eigenvalue weighted by molar-refractivity contribution is 0.0932. The second-order valence-corrected chi connectivity index (χ2v) is 6.71. The van der Waals surface area contributed by atoms with Crippen molar-refractivity contribution in [1.29, 1.82) is 0 Å². The number of benzene rings is 1. The lowest BCUT2D eigenvalue weighted by Crippen LogP contribution is -2.31. The van der Waals surface area contributed by atoms with Gasteiger partial charge in [0.2, 0.25) is 0 Å². The average Bonchev–Trinajstić information content (AvgIpc) is 2.65. The number of carbonyl (C=O) groups excluding carboxylic acids is 1. The van der Waals surface area contributed by atoms with Gasteiger partial charge >= 0.3 is 0 Å². The Morgan fingerprint density at radius 3 is 2.95 bits per heavy atom. The summed E-state index contributed by atoms with van der Waals surface area (Å²) in [6.45, 7) is 4.97. The van der Waals surface area contributed by atoms with Gasteiger partial charge in [-0.05, 0) is 50.4 Å². The monoisotopic (exact) mass is 337 g/mol. The number of likely N-dealkylation sites (tertiary alicyclic amines) is 1. The molecule has 0 radical (unpaired) electrons. The molecule has 20 heavy (non-hydrogen) atoms. The highest BCUT2D eigenvalue weighted by Crippen LogP contribution is 2.22. The highest BCUT2D eigenvalue weighted by Gasteiger charge is 2.18. The van der Waals surface area contributed by atoms with Gasteiger partial charge in [-0.25, -0.2) is 0 Å². The number of ketones is 1. The topological polar surface area (TPSA) is 20.3 Å². The van der Waals surface area contributed by atoms with Crippen molar-refractivity contribution in [2.45, 2.75) is 39.0 Å². The first-order valence-corrected chi connectivity index (χ1v) is 8.49. The smallest absolute Gasteiger partial charge is 0.176 e. The fraction of sp³-hybridized carbons (Fsp3) is 0.588. The first kappa shape index (κ1) is 15.7. The molecule has 1 saturated heterocycles. The van der Waals surface area contributed by atoms with Crippen molar-refractivity contribution in [2.75, 3.05) is 19.6 Å². The lowest BCUT2D eigenvalue weighted by atomic mass is 9.96. The zero-order valence-electron chi connectivity index (χ0n) is 12.3. The van der Waals surface area contributed by atoms with Gasteiger partial charge in [-0.2, -0.15) is 0 Å². The van der Waals surface area contributed by atoms with E-state index < -0.39 is 0 Å². The molecule has 110 valence electrons. The molecule has 3 heteroatoms. The Hall–Kier alpha value is -0.670. The summed E-state index contributed by atoms with van der Waals surface area (Å²) in [6, 6.07) is 7.71. The minimum absolute atomic E-state index is 0.236. The predicted octanol–water partition coefficient (Wildman–Crippen LogP) is 4.53. The highest BCUT2D eigenvalue weighted by molar-refractivity contribution is 9.10. The maximum absolute atomic E-state index is 12.3. The van der Waals surface area contributed by atoms with Gasteiger partial charge in [-0.1, -0.05) is 47.8 Å². The molecule has 0 aromatic heterocycles. The van der Waals surface area contributed by atoms with E-state index >= 15 is 0 Å². The molecule has 1 atom stereocenters. The summed E-state index contributed by atoms with van der Waals surface area (Å²) >= 11 is 3.43. The Morgan fingerprint density at radius 2 is 2.20 bits per heavy atom. The van der Waals surface area contributed by atoms with Crippen LogP contribution in [0, 0.1) is 5.92 Å². The van der Waals surface area contributed by atoms with E-state index in [1.165, 1.54) is 32.1 Å². The summed E-state index contributed by atoms with van der Waals surface area (Å²) in [5.41, 5.74) is 0.814. The van der Waals surface area contributed by atoms with E-state index in [-0.39, 0.29) is 5.78 Å². The number of rotatable bonds is 5. The third-order valence-corrected chi connectivity index (χ3v) is 4.64. The maximum Gasteiger partial charge on any atom is 0.176 e. The van der Waals surface area contributed by atoms with Crippen molar-refractivity contribution < 1.29 is 4.79 Å². The highest BCUT2D eigenvalue weighted by atomic mass is 79.9. The van der Waals surface area contributed by atoms with Crippen LogP contribution in [0.2, 0.25) is 0 Å². The molecule has 1 aromatic rings. The summed E-state index contributed by atoms with van der Waals surface area (Å²) in [4.78, 5) is 14.7. The van der Waals surface area contributed by atoms with Gasteiger partial charge in [0, 0.05) is 10.0 Å². The van der Waals surface area contributed by atoms with E-state index in [2.05, 4.69) is 27.8 Å². The van der Waals surface area contributed by atoms with E-state index in [4.69, 9.17) is 0 Å². The fourth-order valence-corrected chi connectivity index (χ4v) is 3.44. The number of carbonyl (C=O) groups is 1. The lowest BCUT2D eigenvalue weighted by Gasteiger charge is -2.19. The van der Waals surface area contributed by atoms with Crippen LogP contribution >= 0.6 is 15.9 Å². The normalized spacial score (nSPS) is 20.6. The average molecular weight is 338 g/mol. The Labute approximate surface area is 130 Å². The molecule has 1 aliphatic heterocycles. The van der Waals surface area contributed by atoms with Crippen LogP contribution in [-0.2, 0) is 0 Å². The SMILES string of the molecule is CCCC1CCCN(CC(=O)c2cccc(Br)c2)CC1. The summed E-state index contributed by atoms with van der Waals surface area (Å²) in [7, 11) is 0. The third-order valence-electron chi connectivity index (χ3n) is 4.15. The van der Waals surface area contributed by atoms with E-state index in [1.807, 2.05) is 24.3 Å². The zero-order chi connectivity index (χ0) is 14.4. The molecular formula is C17H24BrNO. The minimum Gasteiger partial charge on any atom is -0.296 e. The van der Waals surface area contributed by atoms with Crippen molar-refractivity contribution in [3.63, 3.8) is 0 Å². The van der Waals surface area contributed by atoms with Gasteiger partial charge in [0.05, 0.1) is 6.54 Å². The first-order valence-electron chi connectivity index (χ1n) is 7.70. The summed E-state index contributed by atoms with van der Waals surface area (Å²) < 4.78 is 0.974. The molecule has 1 fully saturated rings. The van der Waals surface area contributed by atoms with Crippen LogP contribution < -0.4 is 0 Å². The standard InChI is InChI=1S/C17H24BrNO/c1-2-5-14-6-4-10-19(11-9-14)13-17(20)15-7-3-8-16(18)12-15/h3,7-8,12,14H,2,4-6,9-11,13H2,1H3. The van der Waals surface area contributed by atoms with Crippen LogP contribution in [0.3, 0.4) is 0 Å². The predicted molar refractivity (Wildman–Crippen MR) is 87.2 cm³/mol. The van der Waals surface area contributed by atoms with Crippen molar-refractivity contribution in [2.24, 2.45) is 5.92 Å². The van der Waals surface area contributed by atoms with Gasteiger partial charge in [-0.3, -0.25) is 9.69 Å².